The van der Waals surface area contributed by atoms with E-state index in [4.69, 9.17) is 9.47 Å². The first-order valence-electron chi connectivity index (χ1n) is 10.3. The monoisotopic (exact) mass is 393 g/mol. The number of nitrogens with one attached hydrogen (secondary N) is 1. The maximum atomic E-state index is 12.7. The van der Waals surface area contributed by atoms with Crippen molar-refractivity contribution in [3.63, 3.8) is 0 Å². The maximum absolute atomic E-state index is 12.7. The summed E-state index contributed by atoms with van der Waals surface area (Å²) in [5.41, 5.74) is 3.71. The zero-order chi connectivity index (χ0) is 20.4. The van der Waals surface area contributed by atoms with Crippen LogP contribution < -0.4 is 5.32 Å². The Labute approximate surface area is 171 Å². The molecular formula is C24H27NO4. The number of rotatable bonds is 4. The Morgan fingerprint density at radius 3 is 2.10 bits per heavy atom. The molecule has 1 N–H and O–H groups in total. The highest BCUT2D eigenvalue weighted by Crippen LogP contribution is 2.44. The number of hydrogen-bond donors (Lipinski definition) is 1. The summed E-state index contributed by atoms with van der Waals surface area (Å²) in [7, 11) is 1.36. The molecule has 0 spiro atoms. The second kappa shape index (κ2) is 7.90. The third-order valence-corrected chi connectivity index (χ3v) is 6.39. The van der Waals surface area contributed by atoms with E-state index >= 15 is 0 Å². The molecule has 0 radical (unpaired) electrons. The van der Waals surface area contributed by atoms with Gasteiger partial charge in [0, 0.05) is 5.92 Å². The number of esters is 1. The van der Waals surface area contributed by atoms with Crippen molar-refractivity contribution in [2.45, 2.75) is 44.1 Å². The smallest absolute Gasteiger partial charge is 0.408 e. The van der Waals surface area contributed by atoms with Gasteiger partial charge in [0.15, 0.2) is 0 Å². The van der Waals surface area contributed by atoms with Gasteiger partial charge in [-0.05, 0) is 53.9 Å². The van der Waals surface area contributed by atoms with Crippen LogP contribution >= 0.6 is 0 Å². The number of carbonyl (C=O) groups excluding carboxylic acids is 2. The highest BCUT2D eigenvalue weighted by Gasteiger charge is 2.44. The van der Waals surface area contributed by atoms with Gasteiger partial charge in [0.2, 0.25) is 0 Å². The fourth-order valence-corrected chi connectivity index (χ4v) is 4.66. The minimum absolute atomic E-state index is 0.00592. The molecule has 0 aromatic heterocycles. The summed E-state index contributed by atoms with van der Waals surface area (Å²) < 4.78 is 10.6. The molecule has 2 aliphatic rings. The van der Waals surface area contributed by atoms with Crippen LogP contribution in [-0.4, -0.2) is 31.3 Å². The molecule has 5 heteroatoms. The van der Waals surface area contributed by atoms with Crippen molar-refractivity contribution >= 4 is 12.1 Å². The fourth-order valence-electron chi connectivity index (χ4n) is 4.66. The second-order valence-corrected chi connectivity index (χ2v) is 8.21. The van der Waals surface area contributed by atoms with Crippen molar-refractivity contribution in [2.75, 3.05) is 13.7 Å². The lowest BCUT2D eigenvalue weighted by molar-refractivity contribution is -0.150. The molecular weight excluding hydrogens is 366 g/mol. The van der Waals surface area contributed by atoms with Crippen LogP contribution in [0, 0.1) is 5.92 Å². The van der Waals surface area contributed by atoms with Gasteiger partial charge >= 0.3 is 12.1 Å². The first-order chi connectivity index (χ1) is 14.0. The molecule has 0 unspecified atom stereocenters. The minimum atomic E-state index is -0.982. The van der Waals surface area contributed by atoms with Gasteiger partial charge in [-0.1, -0.05) is 55.5 Å². The predicted octanol–water partition coefficient (Wildman–Crippen LogP) is 4.65. The van der Waals surface area contributed by atoms with E-state index in [0.29, 0.717) is 18.8 Å². The third kappa shape index (κ3) is 3.61. The highest BCUT2D eigenvalue weighted by atomic mass is 16.6. The molecule has 2 aromatic rings. The largest absolute Gasteiger partial charge is 0.467 e. The lowest BCUT2D eigenvalue weighted by Gasteiger charge is -2.37. The Bertz CT molecular complexity index is 869. The minimum Gasteiger partial charge on any atom is -0.467 e. The molecule has 1 amide bonds. The molecule has 0 bridgehead atoms. The Morgan fingerprint density at radius 1 is 1.00 bits per heavy atom. The Kier molecular flexibility index (Phi) is 5.31. The normalized spacial score (nSPS) is 23.0. The first-order valence-corrected chi connectivity index (χ1v) is 10.3. The zero-order valence-corrected chi connectivity index (χ0v) is 16.9. The van der Waals surface area contributed by atoms with E-state index in [-0.39, 0.29) is 12.5 Å². The standard InChI is InChI=1S/C24H27NO4/c1-16-11-13-24(14-12-16,22(26)28-2)25-23(27)29-15-21-19-9-5-3-7-17(19)18-8-4-6-10-20(18)21/h3-10,16,21H,11-15H2,1-2H3,(H,25,27). The van der Waals surface area contributed by atoms with Crippen molar-refractivity contribution in [3.05, 3.63) is 59.7 Å². The number of hydrogen-bond acceptors (Lipinski definition) is 4. The van der Waals surface area contributed by atoms with Gasteiger partial charge in [0.1, 0.15) is 12.1 Å². The fraction of sp³-hybridized carbons (Fsp3) is 0.417. The van der Waals surface area contributed by atoms with Gasteiger partial charge in [-0.25, -0.2) is 9.59 Å². The summed E-state index contributed by atoms with van der Waals surface area (Å²) in [6.45, 7) is 2.39. The Hall–Kier alpha value is -2.82. The van der Waals surface area contributed by atoms with Crippen LogP contribution in [0.15, 0.2) is 48.5 Å². The van der Waals surface area contributed by atoms with Crippen molar-refractivity contribution < 1.29 is 19.1 Å². The van der Waals surface area contributed by atoms with Crippen LogP contribution in [0.25, 0.3) is 11.1 Å². The third-order valence-electron chi connectivity index (χ3n) is 6.39. The van der Waals surface area contributed by atoms with E-state index in [0.717, 1.165) is 24.0 Å². The SMILES string of the molecule is COC(=O)C1(NC(=O)OCC2c3ccccc3-c3ccccc32)CCC(C)CC1. The maximum Gasteiger partial charge on any atom is 0.408 e. The first kappa shape index (κ1) is 19.5. The average molecular weight is 393 g/mol. The number of fused-ring (bicyclic) bond motifs is 3. The summed E-state index contributed by atoms with van der Waals surface area (Å²) in [4.78, 5) is 25.1. The van der Waals surface area contributed by atoms with Crippen LogP contribution in [0.5, 0.6) is 0 Å². The summed E-state index contributed by atoms with van der Waals surface area (Å²) in [6.07, 6.45) is 2.33. The van der Waals surface area contributed by atoms with E-state index in [2.05, 4.69) is 36.5 Å². The molecule has 1 fully saturated rings. The van der Waals surface area contributed by atoms with Crippen molar-refractivity contribution in [3.8, 4) is 11.1 Å². The van der Waals surface area contributed by atoms with Gasteiger partial charge in [-0.3, -0.25) is 0 Å². The van der Waals surface area contributed by atoms with Gasteiger partial charge in [0.25, 0.3) is 0 Å². The van der Waals surface area contributed by atoms with E-state index in [1.807, 2.05) is 24.3 Å². The molecule has 4 rings (SSSR count). The summed E-state index contributed by atoms with van der Waals surface area (Å²) in [6, 6.07) is 16.4. The zero-order valence-electron chi connectivity index (χ0n) is 16.9. The van der Waals surface area contributed by atoms with Gasteiger partial charge in [0.05, 0.1) is 7.11 Å². The summed E-state index contributed by atoms with van der Waals surface area (Å²) in [5.74, 6) is 0.142. The molecule has 152 valence electrons. The Balaban J connectivity index is 1.48. The molecule has 0 heterocycles. The van der Waals surface area contributed by atoms with Crippen LogP contribution in [0.2, 0.25) is 0 Å². The van der Waals surface area contributed by atoms with Crippen LogP contribution in [0.4, 0.5) is 4.79 Å². The predicted molar refractivity (Wildman–Crippen MR) is 111 cm³/mol. The van der Waals surface area contributed by atoms with E-state index in [1.54, 1.807) is 0 Å². The van der Waals surface area contributed by atoms with E-state index < -0.39 is 17.6 Å². The topological polar surface area (TPSA) is 64.6 Å². The summed E-state index contributed by atoms with van der Waals surface area (Å²) in [5, 5.41) is 2.84. The van der Waals surface area contributed by atoms with E-state index in [9.17, 15) is 9.59 Å². The second-order valence-electron chi connectivity index (χ2n) is 8.21. The van der Waals surface area contributed by atoms with Crippen LogP contribution in [0.1, 0.15) is 49.7 Å². The molecule has 0 aliphatic heterocycles. The number of benzene rings is 2. The summed E-state index contributed by atoms with van der Waals surface area (Å²) >= 11 is 0. The van der Waals surface area contributed by atoms with Gasteiger partial charge in [-0.2, -0.15) is 0 Å². The molecule has 29 heavy (non-hydrogen) atoms. The number of alkyl carbamates (subject to hydrolysis) is 1. The van der Waals surface area contributed by atoms with Crippen LogP contribution in [0.3, 0.4) is 0 Å². The van der Waals surface area contributed by atoms with Gasteiger partial charge < -0.3 is 14.8 Å². The molecule has 5 nitrogen and oxygen atoms in total. The van der Waals surface area contributed by atoms with E-state index in [1.165, 1.54) is 18.2 Å². The number of ether oxygens (including phenoxy) is 2. The molecule has 1 saturated carbocycles. The Morgan fingerprint density at radius 2 is 1.55 bits per heavy atom. The molecule has 0 atom stereocenters. The molecule has 2 aliphatic carbocycles. The van der Waals surface area contributed by atoms with Crippen LogP contribution in [-0.2, 0) is 14.3 Å². The highest BCUT2D eigenvalue weighted by molar-refractivity contribution is 5.86. The number of amides is 1. The lowest BCUT2D eigenvalue weighted by Crippen LogP contribution is -2.57. The van der Waals surface area contributed by atoms with Crippen molar-refractivity contribution in [2.24, 2.45) is 5.92 Å². The van der Waals surface area contributed by atoms with Crippen molar-refractivity contribution in [1.29, 1.82) is 0 Å². The molecule has 2 aromatic carbocycles. The lowest BCUT2D eigenvalue weighted by atomic mass is 9.77. The average Bonchev–Trinajstić information content (AvgIpc) is 3.07. The number of methoxy groups -OCH3 is 1. The number of carbonyl (C=O) groups is 2. The van der Waals surface area contributed by atoms with Crippen molar-refractivity contribution in [1.82, 2.24) is 5.32 Å². The quantitative estimate of drug-likeness (QED) is 0.768. The van der Waals surface area contributed by atoms with Gasteiger partial charge in [-0.15, -0.1) is 0 Å². The molecule has 0 saturated heterocycles.